The van der Waals surface area contributed by atoms with E-state index < -0.39 is 0 Å². The average molecular weight is 295 g/mol. The Labute approximate surface area is 122 Å². The molecule has 5 heteroatoms. The maximum atomic E-state index is 12.2. The predicted octanol–water partition coefficient (Wildman–Crippen LogP) is 2.44. The van der Waals surface area contributed by atoms with Crippen molar-refractivity contribution in [2.45, 2.75) is 57.9 Å². The summed E-state index contributed by atoms with van der Waals surface area (Å²) in [7, 11) is 0. The Kier molecular flexibility index (Phi) is 9.09. The van der Waals surface area contributed by atoms with Gasteiger partial charge in [0.15, 0.2) is 0 Å². The van der Waals surface area contributed by atoms with Crippen molar-refractivity contribution in [3.8, 4) is 0 Å². The molecule has 0 aromatic heterocycles. The van der Waals surface area contributed by atoms with Crippen molar-refractivity contribution < 1.29 is 4.79 Å². The molecule has 0 aromatic carbocycles. The number of hydrogen-bond acceptors (Lipinski definition) is 3. The fraction of sp³-hybridized carbons (Fsp3) is 0.923. The van der Waals surface area contributed by atoms with E-state index in [1.165, 1.54) is 0 Å². The third-order valence-electron chi connectivity index (χ3n) is 3.30. The maximum Gasteiger partial charge on any atom is 0.233 e. The number of carbonyl (C=O) groups excluding carboxylic acids is 1. The van der Waals surface area contributed by atoms with Crippen molar-refractivity contribution in [3.05, 3.63) is 0 Å². The number of thioether (sulfide) groups is 1. The Morgan fingerprint density at radius 2 is 2.17 bits per heavy atom. The molecule has 1 saturated heterocycles. The van der Waals surface area contributed by atoms with Crippen LogP contribution in [-0.2, 0) is 4.79 Å². The highest BCUT2D eigenvalue weighted by Gasteiger charge is 2.27. The number of piperidine rings is 1. The Balaban J connectivity index is 0.00000289. The average Bonchev–Trinajstić information content (AvgIpc) is 2.28. The van der Waals surface area contributed by atoms with E-state index in [1.807, 2.05) is 0 Å². The maximum absolute atomic E-state index is 12.2. The zero-order valence-corrected chi connectivity index (χ0v) is 13.5. The summed E-state index contributed by atoms with van der Waals surface area (Å²) in [6.45, 7) is 9.58. The molecule has 0 aliphatic carbocycles. The molecule has 1 amide bonds. The molecule has 1 heterocycles. The summed E-state index contributed by atoms with van der Waals surface area (Å²) in [5, 5.41) is 6.72. The van der Waals surface area contributed by atoms with E-state index >= 15 is 0 Å². The van der Waals surface area contributed by atoms with Crippen LogP contribution in [-0.4, -0.2) is 35.5 Å². The summed E-state index contributed by atoms with van der Waals surface area (Å²) in [5.41, 5.74) is 0. The van der Waals surface area contributed by atoms with Gasteiger partial charge in [-0.2, -0.15) is 0 Å². The lowest BCUT2D eigenvalue weighted by molar-refractivity contribution is -0.122. The molecule has 3 unspecified atom stereocenters. The van der Waals surface area contributed by atoms with E-state index in [1.54, 1.807) is 11.8 Å². The van der Waals surface area contributed by atoms with Crippen LogP contribution in [0.3, 0.4) is 0 Å². The van der Waals surface area contributed by atoms with Gasteiger partial charge >= 0.3 is 0 Å². The monoisotopic (exact) mass is 294 g/mol. The Morgan fingerprint density at radius 3 is 2.67 bits per heavy atom. The molecule has 0 saturated carbocycles. The largest absolute Gasteiger partial charge is 0.351 e. The first kappa shape index (κ1) is 18.1. The van der Waals surface area contributed by atoms with E-state index in [2.05, 4.69) is 38.3 Å². The molecule has 0 aromatic rings. The Bertz CT molecular complexity index is 251. The third-order valence-corrected chi connectivity index (χ3v) is 4.75. The van der Waals surface area contributed by atoms with Crippen LogP contribution in [0, 0.1) is 5.92 Å². The molecule has 0 radical (unpaired) electrons. The minimum Gasteiger partial charge on any atom is -0.351 e. The van der Waals surface area contributed by atoms with E-state index in [9.17, 15) is 4.79 Å². The van der Waals surface area contributed by atoms with Gasteiger partial charge in [-0.1, -0.05) is 20.8 Å². The smallest absolute Gasteiger partial charge is 0.233 e. The second-order valence-corrected chi connectivity index (χ2v) is 6.54. The molecule has 1 fully saturated rings. The van der Waals surface area contributed by atoms with Gasteiger partial charge in [0.05, 0.1) is 5.25 Å². The van der Waals surface area contributed by atoms with E-state index in [0.29, 0.717) is 18.0 Å². The van der Waals surface area contributed by atoms with Crippen molar-refractivity contribution in [3.63, 3.8) is 0 Å². The molecule has 1 rings (SSSR count). The summed E-state index contributed by atoms with van der Waals surface area (Å²) in [5.74, 6) is 1.61. The first-order chi connectivity index (χ1) is 8.06. The number of nitrogens with one attached hydrogen (secondary N) is 2. The fourth-order valence-corrected chi connectivity index (χ4v) is 3.22. The van der Waals surface area contributed by atoms with E-state index in [4.69, 9.17) is 0 Å². The SMILES string of the molecule is CCSC(C(=O)NC1CCCNC1C)C(C)C.Cl. The Morgan fingerprint density at radius 1 is 1.50 bits per heavy atom. The standard InChI is InChI=1S/C13H26N2OS.ClH/c1-5-17-12(9(2)3)13(16)15-11-7-6-8-14-10(11)4;/h9-12,14H,5-8H2,1-4H3,(H,15,16);1H. The highest BCUT2D eigenvalue weighted by molar-refractivity contribution is 8.00. The van der Waals surface area contributed by atoms with Gasteiger partial charge in [-0.25, -0.2) is 0 Å². The Hall–Kier alpha value is 0.0700. The van der Waals surface area contributed by atoms with Gasteiger partial charge in [-0.3, -0.25) is 4.79 Å². The fourth-order valence-electron chi connectivity index (χ4n) is 2.26. The molecular formula is C13H27ClN2OS. The first-order valence-electron chi connectivity index (χ1n) is 6.71. The second kappa shape index (κ2) is 9.05. The van der Waals surface area contributed by atoms with Crippen LogP contribution in [0.15, 0.2) is 0 Å². The van der Waals surface area contributed by atoms with Gasteiger partial charge in [-0.05, 0) is 38.0 Å². The quantitative estimate of drug-likeness (QED) is 0.818. The number of amides is 1. The summed E-state index contributed by atoms with van der Waals surface area (Å²) in [6.07, 6.45) is 2.25. The second-order valence-electron chi connectivity index (χ2n) is 5.12. The number of halogens is 1. The normalized spacial score (nSPS) is 25.4. The van der Waals surface area contributed by atoms with Gasteiger partial charge in [0.2, 0.25) is 5.91 Å². The first-order valence-corrected chi connectivity index (χ1v) is 7.76. The molecule has 3 atom stereocenters. The van der Waals surface area contributed by atoms with Crippen LogP contribution in [0.25, 0.3) is 0 Å². The minimum atomic E-state index is 0. The van der Waals surface area contributed by atoms with Gasteiger partial charge < -0.3 is 10.6 Å². The van der Waals surface area contributed by atoms with Crippen molar-refractivity contribution in [1.29, 1.82) is 0 Å². The van der Waals surface area contributed by atoms with Crippen molar-refractivity contribution in [2.75, 3.05) is 12.3 Å². The summed E-state index contributed by atoms with van der Waals surface area (Å²) in [6, 6.07) is 0.696. The third kappa shape index (κ3) is 5.37. The van der Waals surface area contributed by atoms with Crippen molar-refractivity contribution in [1.82, 2.24) is 10.6 Å². The van der Waals surface area contributed by atoms with Crippen LogP contribution < -0.4 is 10.6 Å². The van der Waals surface area contributed by atoms with E-state index in [0.717, 1.165) is 25.1 Å². The summed E-state index contributed by atoms with van der Waals surface area (Å²) in [4.78, 5) is 12.2. The van der Waals surface area contributed by atoms with Crippen LogP contribution in [0.2, 0.25) is 0 Å². The predicted molar refractivity (Wildman–Crippen MR) is 82.6 cm³/mol. The lowest BCUT2D eigenvalue weighted by Gasteiger charge is -2.32. The van der Waals surface area contributed by atoms with Gasteiger partial charge in [0, 0.05) is 12.1 Å². The van der Waals surface area contributed by atoms with Crippen LogP contribution in [0.1, 0.15) is 40.5 Å². The molecule has 1 aliphatic rings. The minimum absolute atomic E-state index is 0. The molecule has 0 bridgehead atoms. The molecule has 2 N–H and O–H groups in total. The van der Waals surface area contributed by atoms with Crippen LogP contribution in [0.4, 0.5) is 0 Å². The zero-order chi connectivity index (χ0) is 12.8. The summed E-state index contributed by atoms with van der Waals surface area (Å²) < 4.78 is 0. The van der Waals surface area contributed by atoms with Gasteiger partial charge in [0.25, 0.3) is 0 Å². The van der Waals surface area contributed by atoms with E-state index in [-0.39, 0.29) is 23.6 Å². The van der Waals surface area contributed by atoms with Crippen molar-refractivity contribution >= 4 is 30.1 Å². The van der Waals surface area contributed by atoms with Gasteiger partial charge in [0.1, 0.15) is 0 Å². The number of hydrogen-bond donors (Lipinski definition) is 2. The van der Waals surface area contributed by atoms with Crippen LogP contribution >= 0.6 is 24.2 Å². The lowest BCUT2D eigenvalue weighted by Crippen LogP contribution is -2.54. The molecule has 18 heavy (non-hydrogen) atoms. The van der Waals surface area contributed by atoms with Crippen molar-refractivity contribution in [2.24, 2.45) is 5.92 Å². The summed E-state index contributed by atoms with van der Waals surface area (Å²) >= 11 is 1.75. The lowest BCUT2D eigenvalue weighted by atomic mass is 9.99. The molecular weight excluding hydrogens is 268 g/mol. The van der Waals surface area contributed by atoms with Gasteiger partial charge in [-0.15, -0.1) is 24.2 Å². The zero-order valence-electron chi connectivity index (χ0n) is 11.9. The highest BCUT2D eigenvalue weighted by Crippen LogP contribution is 2.20. The molecule has 0 spiro atoms. The topological polar surface area (TPSA) is 41.1 Å². The highest BCUT2D eigenvalue weighted by atomic mass is 35.5. The molecule has 108 valence electrons. The molecule has 3 nitrogen and oxygen atoms in total. The molecule has 1 aliphatic heterocycles. The van der Waals surface area contributed by atoms with Crippen LogP contribution in [0.5, 0.6) is 0 Å². The number of carbonyl (C=O) groups is 1. The number of rotatable bonds is 5.